The number of amides is 1. The van der Waals surface area contributed by atoms with E-state index in [0.717, 1.165) is 41.9 Å². The van der Waals surface area contributed by atoms with Crippen LogP contribution < -0.4 is 5.32 Å². The molecule has 0 saturated carbocycles. The first kappa shape index (κ1) is 33.7. The summed E-state index contributed by atoms with van der Waals surface area (Å²) < 4.78 is 87.6. The molecule has 2 aliphatic rings. The molecule has 0 radical (unpaired) electrons. The summed E-state index contributed by atoms with van der Waals surface area (Å²) in [6, 6.07) is 22.0. The van der Waals surface area contributed by atoms with E-state index in [2.05, 4.69) is 10.2 Å². The molecular weight excluding hydrogens is 635 g/mol. The normalized spacial score (nSPS) is 20.1. The smallest absolute Gasteiger partial charge is 0.257 e. The molecule has 0 unspecified atom stereocenters. The molecule has 0 bridgehead atoms. The highest BCUT2D eigenvalue weighted by Gasteiger charge is 2.34. The third kappa shape index (κ3) is 7.27. The van der Waals surface area contributed by atoms with E-state index < -0.39 is 46.8 Å². The Morgan fingerprint density at radius 3 is 2.08 bits per heavy atom. The van der Waals surface area contributed by atoms with E-state index >= 15 is 0 Å². The van der Waals surface area contributed by atoms with E-state index in [9.17, 15) is 31.9 Å². The van der Waals surface area contributed by atoms with Crippen molar-refractivity contribution in [1.82, 2.24) is 10.2 Å². The number of rotatable bonds is 9. The Bertz CT molecular complexity index is 1720. The van der Waals surface area contributed by atoms with Gasteiger partial charge in [-0.15, -0.1) is 0 Å². The number of benzene rings is 4. The van der Waals surface area contributed by atoms with Crippen LogP contribution in [0.25, 0.3) is 11.1 Å². The van der Waals surface area contributed by atoms with Crippen molar-refractivity contribution in [3.63, 3.8) is 0 Å². The molecule has 2 fully saturated rings. The number of ether oxygens (including phenoxy) is 3. The van der Waals surface area contributed by atoms with Gasteiger partial charge in [-0.3, -0.25) is 9.69 Å². The maximum atomic E-state index is 14.2. The number of carbonyl (C=O) groups excluding carboxylic acids is 1. The first-order chi connectivity index (χ1) is 23.2. The molecule has 0 aromatic heterocycles. The van der Waals surface area contributed by atoms with Crippen LogP contribution in [-0.4, -0.2) is 54.9 Å². The monoisotopic (exact) mass is 668 g/mol. The van der Waals surface area contributed by atoms with Crippen LogP contribution in [0.15, 0.2) is 72.8 Å². The van der Waals surface area contributed by atoms with Gasteiger partial charge in [-0.05, 0) is 27.8 Å². The van der Waals surface area contributed by atoms with E-state index in [-0.39, 0.29) is 25.4 Å². The van der Waals surface area contributed by atoms with Crippen LogP contribution in [0.5, 0.6) is 0 Å². The van der Waals surface area contributed by atoms with Gasteiger partial charge in [0.05, 0.1) is 32.0 Å². The lowest BCUT2D eigenvalue weighted by molar-refractivity contribution is -0.253. The third-order valence-electron chi connectivity index (χ3n) is 8.57. The Morgan fingerprint density at radius 2 is 1.42 bits per heavy atom. The minimum absolute atomic E-state index is 0.0512. The molecule has 6 rings (SSSR count). The molecule has 48 heavy (non-hydrogen) atoms. The average Bonchev–Trinajstić information content (AvgIpc) is 3.13. The highest BCUT2D eigenvalue weighted by Crippen LogP contribution is 2.39. The van der Waals surface area contributed by atoms with Crippen molar-refractivity contribution in [1.29, 1.82) is 0 Å². The van der Waals surface area contributed by atoms with E-state index in [4.69, 9.17) is 14.2 Å². The molecule has 7 nitrogen and oxygen atoms in total. The van der Waals surface area contributed by atoms with Gasteiger partial charge in [0.15, 0.2) is 29.6 Å². The Balaban J connectivity index is 1.19. The number of hydrogen-bond acceptors (Lipinski definition) is 6. The van der Waals surface area contributed by atoms with Crippen LogP contribution in [0, 0.1) is 29.1 Å². The van der Waals surface area contributed by atoms with Gasteiger partial charge in [0.1, 0.15) is 5.56 Å². The number of nitrogens with zero attached hydrogens (tertiary/aromatic N) is 1. The van der Waals surface area contributed by atoms with Crippen molar-refractivity contribution < 1.29 is 46.1 Å². The zero-order valence-electron chi connectivity index (χ0n) is 25.7. The Morgan fingerprint density at radius 1 is 0.792 bits per heavy atom. The van der Waals surface area contributed by atoms with Crippen LogP contribution in [0.2, 0.25) is 0 Å². The fraction of sp³-hybridized carbons (Fsp3) is 0.306. The number of aliphatic hydroxyl groups excluding tert-OH is 1. The standard InChI is InChI=1S/C36H33F5N2O5/c37-30-29(31(38)33(40)34(41)32(30)39)35(45)42-18-25-3-1-2-4-27(25)22-9-11-24(12-10-22)36-47-26(19-43-13-15-46-16-14-43)17-28(48-36)23-7-5-21(20-44)6-8-23/h1-12,26,28,36,44H,13-20H2,(H,42,45)/t26-,28+,36+/m0/s1. The maximum absolute atomic E-state index is 14.2. The summed E-state index contributed by atoms with van der Waals surface area (Å²) in [5.74, 6) is -12.5. The van der Waals surface area contributed by atoms with Gasteiger partial charge >= 0.3 is 0 Å². The van der Waals surface area contributed by atoms with Crippen molar-refractivity contribution in [3.8, 4) is 11.1 Å². The Kier molecular flexibility index (Phi) is 10.5. The van der Waals surface area contributed by atoms with Gasteiger partial charge in [0.25, 0.3) is 5.91 Å². The molecule has 252 valence electrons. The van der Waals surface area contributed by atoms with Crippen molar-refractivity contribution in [2.45, 2.75) is 38.1 Å². The topological polar surface area (TPSA) is 80.3 Å². The largest absolute Gasteiger partial charge is 0.392 e. The van der Waals surface area contributed by atoms with Crippen molar-refractivity contribution >= 4 is 5.91 Å². The van der Waals surface area contributed by atoms with Crippen LogP contribution in [0.3, 0.4) is 0 Å². The number of morpholine rings is 1. The quantitative estimate of drug-likeness (QED) is 0.123. The van der Waals surface area contributed by atoms with Gasteiger partial charge in [-0.25, -0.2) is 22.0 Å². The summed E-state index contributed by atoms with van der Waals surface area (Å²) in [7, 11) is 0. The molecule has 4 aromatic carbocycles. The fourth-order valence-corrected chi connectivity index (χ4v) is 5.95. The summed E-state index contributed by atoms with van der Waals surface area (Å²) in [6.45, 7) is 3.39. The van der Waals surface area contributed by atoms with Gasteiger partial charge in [0, 0.05) is 38.2 Å². The number of hydrogen-bond donors (Lipinski definition) is 2. The second kappa shape index (κ2) is 14.9. The zero-order valence-corrected chi connectivity index (χ0v) is 25.7. The third-order valence-corrected chi connectivity index (χ3v) is 8.57. The van der Waals surface area contributed by atoms with Crippen LogP contribution >= 0.6 is 0 Å². The Hall–Kier alpha value is -4.20. The minimum Gasteiger partial charge on any atom is -0.392 e. The van der Waals surface area contributed by atoms with Crippen LogP contribution in [0.1, 0.15) is 51.4 Å². The molecule has 4 aromatic rings. The number of aliphatic hydroxyl groups is 1. The van der Waals surface area contributed by atoms with Crippen LogP contribution in [-0.2, 0) is 27.4 Å². The lowest BCUT2D eigenvalue weighted by Crippen LogP contribution is -2.44. The molecule has 12 heteroatoms. The minimum atomic E-state index is -2.33. The zero-order chi connectivity index (χ0) is 33.8. The predicted molar refractivity (Wildman–Crippen MR) is 165 cm³/mol. The summed E-state index contributed by atoms with van der Waals surface area (Å²) in [5.41, 5.74) is 2.99. The van der Waals surface area contributed by atoms with Crippen molar-refractivity contribution in [2.24, 2.45) is 0 Å². The summed E-state index contributed by atoms with van der Waals surface area (Å²) >= 11 is 0. The average molecular weight is 669 g/mol. The molecule has 1 amide bonds. The van der Waals surface area contributed by atoms with E-state index in [1.54, 1.807) is 24.3 Å². The number of carbonyl (C=O) groups is 1. The summed E-state index contributed by atoms with van der Waals surface area (Å²) in [6.07, 6.45) is -0.387. The predicted octanol–water partition coefficient (Wildman–Crippen LogP) is 6.35. The SMILES string of the molecule is O=C(NCc1ccccc1-c1ccc([C@@H]2O[C@H](CN3CCOCC3)C[C@H](c3ccc(CO)cc3)O2)cc1)c1c(F)c(F)c(F)c(F)c1F. The molecule has 0 aliphatic carbocycles. The fourth-order valence-electron chi connectivity index (χ4n) is 5.95. The number of halogens is 5. The van der Waals surface area contributed by atoms with E-state index in [1.165, 1.54) is 0 Å². The molecule has 2 N–H and O–H groups in total. The first-order valence-corrected chi connectivity index (χ1v) is 15.5. The lowest BCUT2D eigenvalue weighted by Gasteiger charge is -2.39. The maximum Gasteiger partial charge on any atom is 0.257 e. The highest BCUT2D eigenvalue weighted by atomic mass is 19.2. The van der Waals surface area contributed by atoms with Gasteiger partial charge in [-0.1, -0.05) is 72.8 Å². The molecule has 0 spiro atoms. The van der Waals surface area contributed by atoms with Crippen LogP contribution in [0.4, 0.5) is 22.0 Å². The Labute approximate surface area is 273 Å². The molecule has 2 saturated heterocycles. The second-order valence-corrected chi connectivity index (χ2v) is 11.7. The van der Waals surface area contributed by atoms with E-state index in [0.29, 0.717) is 30.8 Å². The summed E-state index contributed by atoms with van der Waals surface area (Å²) in [4.78, 5) is 14.9. The van der Waals surface area contributed by atoms with Gasteiger partial charge in [0.2, 0.25) is 5.82 Å². The second-order valence-electron chi connectivity index (χ2n) is 11.7. The molecular formula is C36H33F5N2O5. The highest BCUT2D eigenvalue weighted by molar-refractivity contribution is 5.95. The first-order valence-electron chi connectivity index (χ1n) is 15.5. The molecule has 3 atom stereocenters. The lowest BCUT2D eigenvalue weighted by atomic mass is 9.97. The van der Waals surface area contributed by atoms with Crippen molar-refractivity contribution in [2.75, 3.05) is 32.8 Å². The van der Waals surface area contributed by atoms with Gasteiger partial charge in [-0.2, -0.15) is 0 Å². The van der Waals surface area contributed by atoms with Crippen molar-refractivity contribution in [3.05, 3.63) is 130 Å². The molecule has 2 heterocycles. The van der Waals surface area contributed by atoms with Gasteiger partial charge < -0.3 is 24.6 Å². The molecule has 2 aliphatic heterocycles. The summed E-state index contributed by atoms with van der Waals surface area (Å²) in [5, 5.41) is 11.7. The number of nitrogens with one attached hydrogen (secondary N) is 1. The van der Waals surface area contributed by atoms with E-state index in [1.807, 2.05) is 48.5 Å².